The number of nitrogens with zero attached hydrogens (tertiary/aromatic N) is 4. The largest absolute Gasteiger partial charge is 0.573 e. The molecule has 49 heavy (non-hydrogen) atoms. The monoisotopic (exact) mass is 732 g/mol. The molecule has 0 unspecified atom stereocenters. The summed E-state index contributed by atoms with van der Waals surface area (Å²) in [7, 11) is 0. The van der Waals surface area contributed by atoms with Gasteiger partial charge < -0.3 is 24.2 Å². The number of halogens is 10. The van der Waals surface area contributed by atoms with Gasteiger partial charge in [0.25, 0.3) is 5.95 Å². The Morgan fingerprint density at radius 2 is 1.49 bits per heavy atom. The Kier molecular flexibility index (Phi) is 12.7. The molecule has 0 atom stereocenters. The predicted octanol–water partition coefficient (Wildman–Crippen LogP) is 9.05. The van der Waals surface area contributed by atoms with Crippen molar-refractivity contribution < 1.29 is 58.7 Å². The number of benzene rings is 2. The van der Waals surface area contributed by atoms with E-state index in [9.17, 15) is 44.3 Å². The maximum atomic E-state index is 13.6. The molecule has 1 saturated carbocycles. The van der Waals surface area contributed by atoms with Crippen molar-refractivity contribution >= 4 is 30.0 Å². The maximum absolute atomic E-state index is 13.6. The summed E-state index contributed by atoms with van der Waals surface area (Å²) in [6.07, 6.45) is -12.3. The number of aromatic nitrogens is 2. The number of carboxylic acid groups (broad SMARTS) is 1. The molecule has 4 rings (SSSR count). The fraction of sp³-hybridized carbons (Fsp3) is 0.516. The first-order chi connectivity index (χ1) is 22.3. The van der Waals surface area contributed by atoms with Gasteiger partial charge in [-0.1, -0.05) is 0 Å². The number of carbonyl (C=O) groups is 1. The maximum Gasteiger partial charge on any atom is 0.573 e. The number of alkyl halides is 9. The summed E-state index contributed by atoms with van der Waals surface area (Å²) in [6, 6.07) is 4.72. The molecule has 0 spiro atoms. The van der Waals surface area contributed by atoms with E-state index >= 15 is 0 Å². The van der Waals surface area contributed by atoms with Crippen LogP contribution in [0.5, 0.6) is 5.75 Å². The second-order valence-electron chi connectivity index (χ2n) is 11.7. The lowest BCUT2D eigenvalue weighted by Gasteiger charge is -2.34. The van der Waals surface area contributed by atoms with Crippen molar-refractivity contribution in [2.45, 2.75) is 77.8 Å². The number of aliphatic carboxylic acids is 1. The number of carboxylic acids is 1. The first-order valence-corrected chi connectivity index (χ1v) is 15.0. The van der Waals surface area contributed by atoms with E-state index in [0.29, 0.717) is 43.8 Å². The number of rotatable bonds is 12. The van der Waals surface area contributed by atoms with Gasteiger partial charge in [-0.3, -0.25) is 4.79 Å². The summed E-state index contributed by atoms with van der Waals surface area (Å²) in [5.41, 5.74) is -2.83. The van der Waals surface area contributed by atoms with Crippen molar-refractivity contribution in [2.24, 2.45) is 11.8 Å². The Labute approximate surface area is 281 Å². The van der Waals surface area contributed by atoms with Gasteiger partial charge >= 0.3 is 24.7 Å². The van der Waals surface area contributed by atoms with Crippen LogP contribution in [0.2, 0.25) is 0 Å². The van der Waals surface area contributed by atoms with Crippen LogP contribution in [0, 0.1) is 18.8 Å². The quantitative estimate of drug-likeness (QED) is 0.185. The molecule has 0 saturated heterocycles. The number of ether oxygens (including phenoxy) is 1. The van der Waals surface area contributed by atoms with E-state index in [0.717, 1.165) is 25.0 Å². The second-order valence-corrected chi connectivity index (χ2v) is 11.7. The first kappa shape index (κ1) is 39.5. The van der Waals surface area contributed by atoms with E-state index in [1.165, 1.54) is 17.9 Å². The van der Waals surface area contributed by atoms with Gasteiger partial charge in [0.05, 0.1) is 11.1 Å². The molecule has 0 amide bonds. The third kappa shape index (κ3) is 11.3. The SMILES string of the molecule is CCN(CC1CCC(CC(=O)O)CC1)c1ccc(OC(F)(F)F)cc1CN(Cc1cc(C(F)(F)F)cc(C(F)(F)F)c1)c1noc(C)n1.Cl. The van der Waals surface area contributed by atoms with Crippen molar-refractivity contribution in [1.29, 1.82) is 0 Å². The first-order valence-electron chi connectivity index (χ1n) is 15.0. The normalized spacial score (nSPS) is 17.0. The van der Waals surface area contributed by atoms with Gasteiger partial charge in [0, 0.05) is 45.2 Å². The molecule has 18 heteroatoms. The van der Waals surface area contributed by atoms with Gasteiger partial charge in [-0.2, -0.15) is 31.3 Å². The van der Waals surface area contributed by atoms with Crippen LogP contribution in [-0.4, -0.2) is 40.7 Å². The summed E-state index contributed by atoms with van der Waals surface area (Å²) >= 11 is 0. The molecule has 0 aliphatic heterocycles. The predicted molar refractivity (Wildman–Crippen MR) is 161 cm³/mol. The zero-order valence-electron chi connectivity index (χ0n) is 26.3. The van der Waals surface area contributed by atoms with Crippen LogP contribution in [0.3, 0.4) is 0 Å². The molecule has 3 aromatic rings. The molecule has 272 valence electrons. The minimum Gasteiger partial charge on any atom is -0.481 e. The Morgan fingerprint density at radius 1 is 0.898 bits per heavy atom. The zero-order chi connectivity index (χ0) is 35.4. The van der Waals surface area contributed by atoms with Crippen molar-refractivity contribution in [3.05, 3.63) is 64.5 Å². The standard InChI is InChI=1S/C31H33F9N4O4.ClH/c1-3-43(15-20-6-4-19(5-7-20)12-27(45)46)26-9-8-25(47-31(38,39)40)13-22(26)17-44(28-41-18(2)48-42-28)16-21-10-23(29(32,33)34)14-24(11-21)30(35,36)37;/h8-11,13-14,19-20H,3-7,12,15-17H2,1-2H3,(H,45,46);1H. The third-order valence-electron chi connectivity index (χ3n) is 8.10. The topological polar surface area (TPSA) is 91.9 Å². The number of hydrogen-bond donors (Lipinski definition) is 1. The number of hydrogen-bond acceptors (Lipinski definition) is 7. The van der Waals surface area contributed by atoms with Crippen LogP contribution in [0.4, 0.5) is 51.1 Å². The molecule has 1 N–H and O–H groups in total. The summed E-state index contributed by atoms with van der Waals surface area (Å²) in [4.78, 5) is 18.3. The Balaban J connectivity index is 0.00000650. The van der Waals surface area contributed by atoms with Gasteiger partial charge in [0.2, 0.25) is 5.89 Å². The van der Waals surface area contributed by atoms with Crippen LogP contribution < -0.4 is 14.5 Å². The summed E-state index contributed by atoms with van der Waals surface area (Å²) in [5.74, 6) is -1.47. The lowest BCUT2D eigenvalue weighted by molar-refractivity contribution is -0.274. The smallest absolute Gasteiger partial charge is 0.481 e. The van der Waals surface area contributed by atoms with Crippen LogP contribution in [0.1, 0.15) is 67.2 Å². The van der Waals surface area contributed by atoms with Gasteiger partial charge in [0.15, 0.2) is 0 Å². The Bertz CT molecular complexity index is 1520. The Hall–Kier alpha value is -3.89. The van der Waals surface area contributed by atoms with Crippen LogP contribution in [-0.2, 0) is 30.2 Å². The molecule has 0 bridgehead atoms. The summed E-state index contributed by atoms with van der Waals surface area (Å²) < 4.78 is 130. The molecule has 1 aliphatic carbocycles. The van der Waals surface area contributed by atoms with Gasteiger partial charge in [-0.15, -0.1) is 25.6 Å². The van der Waals surface area contributed by atoms with Crippen LogP contribution in [0.15, 0.2) is 40.9 Å². The highest BCUT2D eigenvalue weighted by molar-refractivity contribution is 5.85. The van der Waals surface area contributed by atoms with Gasteiger partial charge in [0.1, 0.15) is 5.75 Å². The van der Waals surface area contributed by atoms with Crippen molar-refractivity contribution in [2.75, 3.05) is 22.9 Å². The molecule has 1 aliphatic rings. The van der Waals surface area contributed by atoms with Gasteiger partial charge in [-0.25, -0.2) is 0 Å². The molecule has 1 fully saturated rings. The summed E-state index contributed by atoms with van der Waals surface area (Å²) in [5, 5.41) is 12.9. The van der Waals surface area contributed by atoms with Crippen molar-refractivity contribution in [1.82, 2.24) is 10.1 Å². The van der Waals surface area contributed by atoms with E-state index in [1.807, 2.05) is 11.8 Å². The fourth-order valence-corrected chi connectivity index (χ4v) is 5.92. The van der Waals surface area contributed by atoms with Crippen molar-refractivity contribution in [3.8, 4) is 5.75 Å². The molecular formula is C31H34ClF9N4O4. The average molecular weight is 733 g/mol. The fourth-order valence-electron chi connectivity index (χ4n) is 5.92. The van der Waals surface area contributed by atoms with E-state index in [2.05, 4.69) is 14.9 Å². The third-order valence-corrected chi connectivity index (χ3v) is 8.10. The molecular weight excluding hydrogens is 699 g/mol. The van der Waals surface area contributed by atoms with E-state index in [4.69, 9.17) is 9.63 Å². The highest BCUT2D eigenvalue weighted by atomic mass is 35.5. The molecule has 0 radical (unpaired) electrons. The molecule has 2 aromatic carbocycles. The van der Waals surface area contributed by atoms with Crippen LogP contribution >= 0.6 is 12.4 Å². The van der Waals surface area contributed by atoms with Crippen molar-refractivity contribution in [3.63, 3.8) is 0 Å². The Morgan fingerprint density at radius 3 is 1.98 bits per heavy atom. The van der Waals surface area contributed by atoms with E-state index < -0.39 is 53.7 Å². The number of aryl methyl sites for hydroxylation is 1. The minimum atomic E-state index is -5.10. The molecule has 1 heterocycles. The highest BCUT2D eigenvalue weighted by Crippen LogP contribution is 2.38. The van der Waals surface area contributed by atoms with Gasteiger partial charge in [-0.05, 0) is 97.1 Å². The lowest BCUT2D eigenvalue weighted by atomic mass is 9.80. The minimum absolute atomic E-state index is 0. The lowest BCUT2D eigenvalue weighted by Crippen LogP contribution is -2.33. The average Bonchev–Trinajstić information content (AvgIpc) is 3.41. The summed E-state index contributed by atoms with van der Waals surface area (Å²) in [6.45, 7) is 3.13. The zero-order valence-corrected chi connectivity index (χ0v) is 27.1. The van der Waals surface area contributed by atoms with E-state index in [1.54, 1.807) is 0 Å². The second kappa shape index (κ2) is 15.8. The molecule has 8 nitrogen and oxygen atoms in total. The number of anilines is 2. The van der Waals surface area contributed by atoms with E-state index in [-0.39, 0.29) is 60.7 Å². The molecule has 1 aromatic heterocycles. The van der Waals surface area contributed by atoms with Crippen LogP contribution in [0.25, 0.3) is 0 Å². The highest BCUT2D eigenvalue weighted by Gasteiger charge is 2.37.